The quantitative estimate of drug-likeness (QED) is 0.855. The number of nitrogens with one attached hydrogen (secondary N) is 2. The first kappa shape index (κ1) is 16.8. The Bertz CT molecular complexity index is 571. The molecule has 0 saturated carbocycles. The highest BCUT2D eigenvalue weighted by molar-refractivity contribution is 6.35. The van der Waals surface area contributed by atoms with Crippen LogP contribution in [0.15, 0.2) is 18.2 Å². The molecule has 0 unspecified atom stereocenters. The Morgan fingerprint density at radius 1 is 1.35 bits per heavy atom. The van der Waals surface area contributed by atoms with E-state index in [1.807, 2.05) is 11.0 Å². The summed E-state index contributed by atoms with van der Waals surface area (Å²) in [6.07, 6.45) is 1.89. The summed E-state index contributed by atoms with van der Waals surface area (Å²) in [6, 6.07) is 5.22. The SMILES string of the molecule is O=C(NCc1ccc(Cl)cc1Cl)N1CCOC2(CCNCC2)C1. The van der Waals surface area contributed by atoms with Gasteiger partial charge in [0.2, 0.25) is 0 Å². The summed E-state index contributed by atoms with van der Waals surface area (Å²) < 4.78 is 5.98. The Hall–Kier alpha value is -1.01. The van der Waals surface area contributed by atoms with Gasteiger partial charge in [0.05, 0.1) is 18.8 Å². The van der Waals surface area contributed by atoms with E-state index in [0.717, 1.165) is 31.5 Å². The monoisotopic (exact) mass is 357 g/mol. The number of amides is 2. The molecule has 0 aliphatic carbocycles. The molecule has 7 heteroatoms. The normalized spacial score (nSPS) is 20.5. The molecule has 2 aliphatic rings. The molecular formula is C16H21Cl2N3O2. The van der Waals surface area contributed by atoms with Crippen LogP contribution < -0.4 is 10.6 Å². The fourth-order valence-electron chi connectivity index (χ4n) is 3.15. The third-order valence-corrected chi connectivity index (χ3v) is 5.08. The maximum absolute atomic E-state index is 12.5. The number of hydrogen-bond donors (Lipinski definition) is 2. The van der Waals surface area contributed by atoms with E-state index in [-0.39, 0.29) is 11.6 Å². The Labute approximate surface area is 146 Å². The third-order valence-electron chi connectivity index (χ3n) is 4.50. The van der Waals surface area contributed by atoms with Crippen molar-refractivity contribution in [3.63, 3.8) is 0 Å². The first-order valence-electron chi connectivity index (χ1n) is 7.89. The van der Waals surface area contributed by atoms with Crippen molar-refractivity contribution in [1.82, 2.24) is 15.5 Å². The summed E-state index contributed by atoms with van der Waals surface area (Å²) in [6.45, 7) is 4.13. The first-order valence-corrected chi connectivity index (χ1v) is 8.65. The molecule has 0 radical (unpaired) electrons. The summed E-state index contributed by atoms with van der Waals surface area (Å²) in [4.78, 5) is 14.3. The fourth-order valence-corrected chi connectivity index (χ4v) is 3.63. The van der Waals surface area contributed by atoms with Crippen LogP contribution in [0.25, 0.3) is 0 Å². The lowest BCUT2D eigenvalue weighted by Gasteiger charge is -2.45. The largest absolute Gasteiger partial charge is 0.371 e. The number of urea groups is 1. The maximum atomic E-state index is 12.5. The van der Waals surface area contributed by atoms with Crippen molar-refractivity contribution >= 4 is 29.2 Å². The minimum Gasteiger partial charge on any atom is -0.371 e. The zero-order valence-electron chi connectivity index (χ0n) is 12.9. The Morgan fingerprint density at radius 3 is 2.87 bits per heavy atom. The van der Waals surface area contributed by atoms with Crippen LogP contribution in [0.1, 0.15) is 18.4 Å². The van der Waals surface area contributed by atoms with Crippen LogP contribution in [0.2, 0.25) is 10.0 Å². The van der Waals surface area contributed by atoms with Gasteiger partial charge in [0, 0.05) is 23.1 Å². The third kappa shape index (κ3) is 4.10. The van der Waals surface area contributed by atoms with Crippen molar-refractivity contribution in [3.8, 4) is 0 Å². The Kier molecular flexibility index (Phi) is 5.31. The molecule has 1 aromatic rings. The molecule has 126 valence electrons. The lowest BCUT2D eigenvalue weighted by atomic mass is 9.90. The molecule has 2 fully saturated rings. The van der Waals surface area contributed by atoms with E-state index in [4.69, 9.17) is 27.9 Å². The first-order chi connectivity index (χ1) is 11.1. The minimum absolute atomic E-state index is 0.0720. The highest BCUT2D eigenvalue weighted by atomic mass is 35.5. The van der Waals surface area contributed by atoms with Crippen molar-refractivity contribution in [3.05, 3.63) is 33.8 Å². The van der Waals surface area contributed by atoms with Gasteiger partial charge < -0.3 is 20.3 Å². The van der Waals surface area contributed by atoms with Gasteiger partial charge in [-0.2, -0.15) is 0 Å². The highest BCUT2D eigenvalue weighted by Crippen LogP contribution is 2.27. The van der Waals surface area contributed by atoms with Crippen molar-refractivity contribution in [1.29, 1.82) is 0 Å². The predicted octanol–water partition coefficient (Wildman–Crippen LogP) is 2.66. The number of halogens is 2. The number of carbonyl (C=O) groups excluding carboxylic acids is 1. The number of carbonyl (C=O) groups is 1. The van der Waals surface area contributed by atoms with Gasteiger partial charge in [-0.3, -0.25) is 0 Å². The molecule has 23 heavy (non-hydrogen) atoms. The van der Waals surface area contributed by atoms with Crippen LogP contribution in [0, 0.1) is 0 Å². The molecule has 3 rings (SSSR count). The molecular weight excluding hydrogens is 337 g/mol. The molecule has 0 bridgehead atoms. The zero-order chi connectivity index (χ0) is 16.3. The van der Waals surface area contributed by atoms with Crippen LogP contribution in [-0.4, -0.2) is 49.3 Å². The van der Waals surface area contributed by atoms with E-state index in [1.54, 1.807) is 12.1 Å². The molecule has 0 aromatic heterocycles. The van der Waals surface area contributed by atoms with Gasteiger partial charge in [-0.25, -0.2) is 4.79 Å². The van der Waals surface area contributed by atoms with Gasteiger partial charge in [0.15, 0.2) is 0 Å². The van der Waals surface area contributed by atoms with Crippen LogP contribution in [0.3, 0.4) is 0 Å². The molecule has 2 N–H and O–H groups in total. The number of morpholine rings is 1. The second kappa shape index (κ2) is 7.26. The van der Waals surface area contributed by atoms with Gasteiger partial charge in [0.25, 0.3) is 0 Å². The van der Waals surface area contributed by atoms with Crippen molar-refractivity contribution in [2.45, 2.75) is 25.0 Å². The van der Waals surface area contributed by atoms with Gasteiger partial charge >= 0.3 is 6.03 Å². The average Bonchev–Trinajstić information content (AvgIpc) is 2.54. The molecule has 1 aromatic carbocycles. The lowest BCUT2D eigenvalue weighted by molar-refractivity contribution is -0.112. The average molecular weight is 358 g/mol. The number of hydrogen-bond acceptors (Lipinski definition) is 3. The van der Waals surface area contributed by atoms with E-state index >= 15 is 0 Å². The van der Waals surface area contributed by atoms with E-state index < -0.39 is 0 Å². The second-order valence-electron chi connectivity index (χ2n) is 6.10. The van der Waals surface area contributed by atoms with E-state index in [1.165, 1.54) is 0 Å². The smallest absolute Gasteiger partial charge is 0.317 e. The Morgan fingerprint density at radius 2 is 2.13 bits per heavy atom. The van der Waals surface area contributed by atoms with Gasteiger partial charge in [0.1, 0.15) is 0 Å². The number of benzene rings is 1. The van der Waals surface area contributed by atoms with Gasteiger partial charge in [-0.15, -0.1) is 0 Å². The summed E-state index contributed by atoms with van der Waals surface area (Å²) in [5, 5.41) is 7.43. The van der Waals surface area contributed by atoms with Crippen molar-refractivity contribution in [2.24, 2.45) is 0 Å². The molecule has 1 spiro atoms. The standard InChI is InChI=1S/C16H21Cl2N3O2/c17-13-2-1-12(14(18)9-13)10-20-15(22)21-7-8-23-16(11-21)3-5-19-6-4-16/h1-2,9,19H,3-8,10-11H2,(H,20,22). The second-order valence-corrected chi connectivity index (χ2v) is 6.94. The maximum Gasteiger partial charge on any atom is 0.317 e. The van der Waals surface area contributed by atoms with Crippen LogP contribution in [-0.2, 0) is 11.3 Å². The summed E-state index contributed by atoms with van der Waals surface area (Å²) in [7, 11) is 0. The fraction of sp³-hybridized carbons (Fsp3) is 0.562. The molecule has 2 aliphatic heterocycles. The van der Waals surface area contributed by atoms with Crippen molar-refractivity contribution < 1.29 is 9.53 Å². The zero-order valence-corrected chi connectivity index (χ0v) is 14.4. The van der Waals surface area contributed by atoms with Crippen molar-refractivity contribution in [2.75, 3.05) is 32.8 Å². The van der Waals surface area contributed by atoms with Gasteiger partial charge in [-0.1, -0.05) is 29.3 Å². The summed E-state index contributed by atoms with van der Waals surface area (Å²) in [5.41, 5.74) is 0.674. The number of piperidine rings is 1. The molecule has 2 amide bonds. The number of ether oxygens (including phenoxy) is 1. The molecule has 0 atom stereocenters. The van der Waals surface area contributed by atoms with E-state index in [9.17, 15) is 4.79 Å². The topological polar surface area (TPSA) is 53.6 Å². The van der Waals surface area contributed by atoms with E-state index in [0.29, 0.717) is 36.3 Å². The highest BCUT2D eigenvalue weighted by Gasteiger charge is 2.39. The van der Waals surface area contributed by atoms with E-state index in [2.05, 4.69) is 10.6 Å². The Balaban J connectivity index is 1.57. The van der Waals surface area contributed by atoms with Crippen LogP contribution in [0.4, 0.5) is 4.79 Å². The molecule has 2 heterocycles. The van der Waals surface area contributed by atoms with Crippen LogP contribution >= 0.6 is 23.2 Å². The van der Waals surface area contributed by atoms with Crippen LogP contribution in [0.5, 0.6) is 0 Å². The lowest BCUT2D eigenvalue weighted by Crippen LogP contribution is -2.59. The molecule has 5 nitrogen and oxygen atoms in total. The number of nitrogens with zero attached hydrogens (tertiary/aromatic N) is 1. The minimum atomic E-state index is -0.182. The summed E-state index contributed by atoms with van der Waals surface area (Å²) in [5.74, 6) is 0. The predicted molar refractivity (Wildman–Crippen MR) is 91.1 cm³/mol. The summed E-state index contributed by atoms with van der Waals surface area (Å²) >= 11 is 12.0. The number of rotatable bonds is 2. The van der Waals surface area contributed by atoms with Gasteiger partial charge in [-0.05, 0) is 43.6 Å². The molecule has 2 saturated heterocycles.